The summed E-state index contributed by atoms with van der Waals surface area (Å²) >= 11 is 6.08. The molecule has 0 radical (unpaired) electrons. The van der Waals surface area contributed by atoms with Crippen LogP contribution >= 0.6 is 11.6 Å². The van der Waals surface area contributed by atoms with Crippen LogP contribution in [0.1, 0.15) is 31.9 Å². The Morgan fingerprint density at radius 1 is 1.17 bits per heavy atom. The number of halogens is 1. The molecule has 0 atom stereocenters. The molecule has 124 valence electrons. The van der Waals surface area contributed by atoms with Gasteiger partial charge in [-0.2, -0.15) is 0 Å². The smallest absolute Gasteiger partial charge is 0.228 e. The van der Waals surface area contributed by atoms with Gasteiger partial charge in [0.1, 0.15) is 5.58 Å². The highest BCUT2D eigenvalue weighted by Gasteiger charge is 2.17. The number of nitrogens with one attached hydrogen (secondary N) is 1. The van der Waals surface area contributed by atoms with Gasteiger partial charge in [-0.3, -0.25) is 4.79 Å². The van der Waals surface area contributed by atoms with Gasteiger partial charge in [0.15, 0.2) is 0 Å². The van der Waals surface area contributed by atoms with E-state index in [1.807, 2.05) is 18.2 Å². The maximum absolute atomic E-state index is 12.3. The van der Waals surface area contributed by atoms with Crippen molar-refractivity contribution in [3.8, 4) is 0 Å². The third kappa shape index (κ3) is 3.46. The summed E-state index contributed by atoms with van der Waals surface area (Å²) in [6.45, 7) is 6.49. The van der Waals surface area contributed by atoms with Crippen molar-refractivity contribution in [2.45, 2.75) is 32.6 Å². The normalized spacial score (nSPS) is 11.7. The maximum atomic E-state index is 12.3. The predicted molar refractivity (Wildman–Crippen MR) is 98.7 cm³/mol. The number of carbonyl (C=O) groups excluding carboxylic acids is 1. The summed E-state index contributed by atoms with van der Waals surface area (Å²) in [6.07, 6.45) is 1.90. The van der Waals surface area contributed by atoms with Gasteiger partial charge in [-0.05, 0) is 35.2 Å². The summed E-state index contributed by atoms with van der Waals surface area (Å²) in [5.41, 5.74) is 3.54. The molecule has 0 fully saturated rings. The minimum absolute atomic E-state index is 0.0442. The predicted octanol–water partition coefficient (Wildman–Crippen LogP) is 5.56. The highest BCUT2D eigenvalue weighted by Crippen LogP contribution is 2.29. The van der Waals surface area contributed by atoms with Crippen LogP contribution in [0.4, 0.5) is 5.69 Å². The van der Waals surface area contributed by atoms with Crippen molar-refractivity contribution >= 4 is 34.2 Å². The van der Waals surface area contributed by atoms with E-state index in [0.29, 0.717) is 10.7 Å². The minimum Gasteiger partial charge on any atom is -0.464 e. The van der Waals surface area contributed by atoms with E-state index in [2.05, 4.69) is 38.2 Å². The zero-order chi connectivity index (χ0) is 17.3. The molecule has 0 bridgehead atoms. The summed E-state index contributed by atoms with van der Waals surface area (Å²) in [6, 6.07) is 13.3. The van der Waals surface area contributed by atoms with E-state index < -0.39 is 0 Å². The second-order valence-corrected chi connectivity index (χ2v) is 7.33. The first-order chi connectivity index (χ1) is 11.3. The number of para-hydroxylation sites is 1. The van der Waals surface area contributed by atoms with Gasteiger partial charge in [0.25, 0.3) is 0 Å². The molecule has 0 aliphatic heterocycles. The first kappa shape index (κ1) is 16.6. The second kappa shape index (κ2) is 6.33. The van der Waals surface area contributed by atoms with Crippen molar-refractivity contribution < 1.29 is 9.21 Å². The third-order valence-corrected chi connectivity index (χ3v) is 4.35. The van der Waals surface area contributed by atoms with Gasteiger partial charge >= 0.3 is 0 Å². The number of hydrogen-bond donors (Lipinski definition) is 1. The van der Waals surface area contributed by atoms with E-state index in [4.69, 9.17) is 16.0 Å². The molecular weight excluding hydrogens is 322 g/mol. The molecule has 0 aliphatic rings. The molecule has 1 aromatic heterocycles. The molecule has 0 unspecified atom stereocenters. The lowest BCUT2D eigenvalue weighted by Crippen LogP contribution is -2.14. The van der Waals surface area contributed by atoms with Gasteiger partial charge in [-0.25, -0.2) is 0 Å². The first-order valence-electron chi connectivity index (χ1n) is 7.89. The number of furan rings is 1. The van der Waals surface area contributed by atoms with Gasteiger partial charge in [0.2, 0.25) is 5.91 Å². The van der Waals surface area contributed by atoms with Gasteiger partial charge in [0.05, 0.1) is 23.4 Å². The molecule has 0 spiro atoms. The van der Waals surface area contributed by atoms with Crippen LogP contribution < -0.4 is 5.32 Å². The Balaban J connectivity index is 1.84. The zero-order valence-corrected chi connectivity index (χ0v) is 14.8. The van der Waals surface area contributed by atoms with Crippen LogP contribution in [0.5, 0.6) is 0 Å². The lowest BCUT2D eigenvalue weighted by atomic mass is 9.86. The number of fused-ring (bicyclic) bond motifs is 1. The molecule has 3 nitrogen and oxygen atoms in total. The van der Waals surface area contributed by atoms with Gasteiger partial charge in [-0.1, -0.05) is 50.6 Å². The van der Waals surface area contributed by atoms with Crippen LogP contribution in [0.25, 0.3) is 11.0 Å². The Kier molecular flexibility index (Phi) is 4.37. The molecule has 0 saturated carbocycles. The molecule has 1 amide bonds. The molecule has 1 N–H and O–H groups in total. The molecule has 0 aliphatic carbocycles. The van der Waals surface area contributed by atoms with Gasteiger partial charge in [0, 0.05) is 10.9 Å². The topological polar surface area (TPSA) is 42.2 Å². The molecule has 1 heterocycles. The first-order valence-corrected chi connectivity index (χ1v) is 8.27. The van der Waals surface area contributed by atoms with Crippen LogP contribution in [0.15, 0.2) is 53.1 Å². The number of benzene rings is 2. The summed E-state index contributed by atoms with van der Waals surface area (Å²) in [4.78, 5) is 12.3. The number of amides is 1. The van der Waals surface area contributed by atoms with Gasteiger partial charge in [-0.15, -0.1) is 0 Å². The molecular formula is C20H20ClNO2. The summed E-state index contributed by atoms with van der Waals surface area (Å²) in [5, 5.41) is 4.35. The van der Waals surface area contributed by atoms with E-state index in [0.717, 1.165) is 16.5 Å². The number of anilines is 1. The van der Waals surface area contributed by atoms with Crippen LogP contribution in [-0.4, -0.2) is 5.91 Å². The Labute approximate surface area is 146 Å². The van der Waals surface area contributed by atoms with Gasteiger partial charge < -0.3 is 9.73 Å². The van der Waals surface area contributed by atoms with Crippen LogP contribution in [-0.2, 0) is 16.6 Å². The summed E-state index contributed by atoms with van der Waals surface area (Å²) in [7, 11) is 0. The molecule has 4 heteroatoms. The SMILES string of the molecule is CC(C)(C)c1ccc2occ(CC(=O)Nc3ccccc3Cl)c2c1. The number of hydrogen-bond acceptors (Lipinski definition) is 2. The van der Waals surface area contributed by atoms with Crippen molar-refractivity contribution in [1.29, 1.82) is 0 Å². The van der Waals surface area contributed by atoms with Crippen molar-refractivity contribution in [1.82, 2.24) is 0 Å². The fraction of sp³-hybridized carbons (Fsp3) is 0.250. The highest BCUT2D eigenvalue weighted by atomic mass is 35.5. The van der Waals surface area contributed by atoms with Crippen LogP contribution in [0.3, 0.4) is 0 Å². The zero-order valence-electron chi connectivity index (χ0n) is 14.0. The Morgan fingerprint density at radius 3 is 2.62 bits per heavy atom. The maximum Gasteiger partial charge on any atom is 0.228 e. The van der Waals surface area contributed by atoms with Crippen LogP contribution in [0, 0.1) is 0 Å². The van der Waals surface area contributed by atoms with E-state index >= 15 is 0 Å². The van der Waals surface area contributed by atoms with E-state index in [1.165, 1.54) is 5.56 Å². The largest absolute Gasteiger partial charge is 0.464 e. The molecule has 2 aromatic carbocycles. The monoisotopic (exact) mass is 341 g/mol. The lowest BCUT2D eigenvalue weighted by molar-refractivity contribution is -0.115. The number of carbonyl (C=O) groups is 1. The molecule has 3 aromatic rings. The molecule has 0 saturated heterocycles. The van der Waals surface area contributed by atoms with E-state index in [-0.39, 0.29) is 17.7 Å². The van der Waals surface area contributed by atoms with Crippen molar-refractivity contribution in [3.05, 3.63) is 64.9 Å². The molecule has 24 heavy (non-hydrogen) atoms. The number of rotatable bonds is 3. The highest BCUT2D eigenvalue weighted by molar-refractivity contribution is 6.33. The average Bonchev–Trinajstić information content (AvgIpc) is 2.91. The van der Waals surface area contributed by atoms with Crippen molar-refractivity contribution in [2.75, 3.05) is 5.32 Å². The minimum atomic E-state index is -0.119. The lowest BCUT2D eigenvalue weighted by Gasteiger charge is -2.18. The molecule has 3 rings (SSSR count). The quantitative estimate of drug-likeness (QED) is 0.677. The average molecular weight is 342 g/mol. The second-order valence-electron chi connectivity index (χ2n) is 6.93. The van der Waals surface area contributed by atoms with Crippen LogP contribution in [0.2, 0.25) is 5.02 Å². The fourth-order valence-electron chi connectivity index (χ4n) is 2.62. The summed E-state index contributed by atoms with van der Waals surface area (Å²) in [5.74, 6) is -0.119. The van der Waals surface area contributed by atoms with Crippen molar-refractivity contribution in [3.63, 3.8) is 0 Å². The Morgan fingerprint density at radius 2 is 1.92 bits per heavy atom. The van der Waals surface area contributed by atoms with E-state index in [1.54, 1.807) is 18.4 Å². The Bertz CT molecular complexity index is 890. The van der Waals surface area contributed by atoms with E-state index in [9.17, 15) is 4.79 Å². The Hall–Kier alpha value is -2.26. The fourth-order valence-corrected chi connectivity index (χ4v) is 2.80. The standard InChI is InChI=1S/C20H20ClNO2/c1-20(2,3)14-8-9-18-15(11-14)13(12-24-18)10-19(23)22-17-7-5-4-6-16(17)21/h4-9,11-12H,10H2,1-3H3,(H,22,23). The van der Waals surface area contributed by atoms with Crippen molar-refractivity contribution in [2.24, 2.45) is 0 Å². The third-order valence-electron chi connectivity index (χ3n) is 4.02. The summed E-state index contributed by atoms with van der Waals surface area (Å²) < 4.78 is 5.59.